The molecule has 108 valence electrons. The number of benzene rings is 1. The first-order chi connectivity index (χ1) is 9.72. The van der Waals surface area contributed by atoms with Gasteiger partial charge in [-0.15, -0.1) is 0 Å². The Bertz CT molecular complexity index is 541. The van der Waals surface area contributed by atoms with Crippen LogP contribution in [0.2, 0.25) is 0 Å². The number of hydrogen-bond donors (Lipinski definition) is 1. The van der Waals surface area contributed by atoms with Crippen LogP contribution in [0.1, 0.15) is 25.1 Å². The van der Waals surface area contributed by atoms with E-state index in [4.69, 9.17) is 10.8 Å². The molecule has 0 unspecified atom stereocenters. The van der Waals surface area contributed by atoms with Gasteiger partial charge in [-0.1, -0.05) is 18.2 Å². The highest BCUT2D eigenvalue weighted by Gasteiger charge is 2.19. The Morgan fingerprint density at radius 2 is 1.80 bits per heavy atom. The normalized spacial score (nSPS) is 10.8. The van der Waals surface area contributed by atoms with Crippen molar-refractivity contribution in [3.63, 3.8) is 0 Å². The zero-order valence-electron chi connectivity index (χ0n) is 12.6. The fraction of sp³-hybridized carbons (Fsp3) is 0.438. The smallest absolute Gasteiger partial charge is 0.135 e. The van der Waals surface area contributed by atoms with Gasteiger partial charge in [-0.2, -0.15) is 5.10 Å². The molecule has 0 spiro atoms. The molecule has 0 amide bonds. The van der Waals surface area contributed by atoms with E-state index >= 15 is 0 Å². The van der Waals surface area contributed by atoms with Gasteiger partial charge >= 0.3 is 0 Å². The molecule has 4 heteroatoms. The fourth-order valence-electron chi connectivity index (χ4n) is 2.58. The van der Waals surface area contributed by atoms with Gasteiger partial charge in [0.15, 0.2) is 0 Å². The summed E-state index contributed by atoms with van der Waals surface area (Å²) in [5, 5.41) is 4.74. The van der Waals surface area contributed by atoms with Crippen LogP contribution in [0.15, 0.2) is 30.3 Å². The van der Waals surface area contributed by atoms with Crippen molar-refractivity contribution in [1.29, 1.82) is 0 Å². The van der Waals surface area contributed by atoms with Crippen molar-refractivity contribution in [1.82, 2.24) is 9.78 Å². The lowest BCUT2D eigenvalue weighted by Gasteiger charge is -2.23. The van der Waals surface area contributed by atoms with E-state index in [2.05, 4.69) is 37.8 Å². The predicted molar refractivity (Wildman–Crippen MR) is 84.6 cm³/mol. The van der Waals surface area contributed by atoms with Gasteiger partial charge in [0.05, 0.1) is 11.4 Å². The summed E-state index contributed by atoms with van der Waals surface area (Å²) < 4.78 is 2.05. The van der Waals surface area contributed by atoms with Crippen LogP contribution in [0, 0.1) is 6.92 Å². The highest BCUT2D eigenvalue weighted by atomic mass is 15.4. The van der Waals surface area contributed by atoms with E-state index in [-0.39, 0.29) is 0 Å². The molecule has 2 rings (SSSR count). The number of aryl methyl sites for hydroxylation is 1. The van der Waals surface area contributed by atoms with E-state index in [0.29, 0.717) is 6.54 Å². The lowest BCUT2D eigenvalue weighted by Crippen LogP contribution is -2.26. The van der Waals surface area contributed by atoms with Crippen LogP contribution in [0.3, 0.4) is 0 Å². The molecule has 2 N–H and O–H groups in total. The largest absolute Gasteiger partial charge is 0.357 e. The van der Waals surface area contributed by atoms with Gasteiger partial charge in [-0.3, -0.25) is 0 Å². The van der Waals surface area contributed by atoms with Crippen LogP contribution >= 0.6 is 0 Å². The van der Waals surface area contributed by atoms with Gasteiger partial charge in [-0.05, 0) is 45.9 Å². The van der Waals surface area contributed by atoms with Crippen LogP contribution < -0.4 is 10.6 Å². The Balaban J connectivity index is 2.59. The van der Waals surface area contributed by atoms with Crippen molar-refractivity contribution in [2.75, 3.05) is 24.5 Å². The maximum atomic E-state index is 5.77. The minimum Gasteiger partial charge on any atom is -0.357 e. The van der Waals surface area contributed by atoms with Crippen molar-refractivity contribution in [2.45, 2.75) is 27.2 Å². The fourth-order valence-corrected chi connectivity index (χ4v) is 2.58. The van der Waals surface area contributed by atoms with E-state index in [1.165, 1.54) is 11.4 Å². The van der Waals surface area contributed by atoms with Crippen molar-refractivity contribution in [2.24, 2.45) is 5.73 Å². The van der Waals surface area contributed by atoms with Gasteiger partial charge in [0, 0.05) is 18.7 Å². The van der Waals surface area contributed by atoms with Gasteiger partial charge in [0.2, 0.25) is 0 Å². The summed E-state index contributed by atoms with van der Waals surface area (Å²) in [6, 6.07) is 10.3. The van der Waals surface area contributed by atoms with Gasteiger partial charge in [-0.25, -0.2) is 4.68 Å². The summed E-state index contributed by atoms with van der Waals surface area (Å²) in [5.41, 5.74) is 9.21. The Morgan fingerprint density at radius 3 is 2.35 bits per heavy atom. The average molecular weight is 272 g/mol. The van der Waals surface area contributed by atoms with Crippen molar-refractivity contribution in [3.8, 4) is 5.69 Å². The van der Waals surface area contributed by atoms with Gasteiger partial charge in [0.25, 0.3) is 0 Å². The Labute approximate surface area is 121 Å². The lowest BCUT2D eigenvalue weighted by molar-refractivity contribution is 0.776. The topological polar surface area (TPSA) is 47.1 Å². The summed E-state index contributed by atoms with van der Waals surface area (Å²) in [6.07, 6.45) is 0.866. The monoisotopic (exact) mass is 272 g/mol. The Morgan fingerprint density at radius 1 is 1.15 bits per heavy atom. The number of para-hydroxylation sites is 1. The minimum absolute atomic E-state index is 0.648. The summed E-state index contributed by atoms with van der Waals surface area (Å²) >= 11 is 0. The van der Waals surface area contributed by atoms with E-state index in [0.717, 1.165) is 30.9 Å². The summed E-state index contributed by atoms with van der Waals surface area (Å²) in [4.78, 5) is 2.35. The average Bonchev–Trinajstić information content (AvgIpc) is 2.80. The molecular formula is C16H24N4. The van der Waals surface area contributed by atoms with Crippen LogP contribution in [0.25, 0.3) is 5.69 Å². The second kappa shape index (κ2) is 6.57. The van der Waals surface area contributed by atoms with Crippen molar-refractivity contribution >= 4 is 5.82 Å². The zero-order valence-corrected chi connectivity index (χ0v) is 12.6. The van der Waals surface area contributed by atoms with Crippen LogP contribution in [0.4, 0.5) is 5.82 Å². The van der Waals surface area contributed by atoms with E-state index in [9.17, 15) is 0 Å². The second-order valence-electron chi connectivity index (χ2n) is 4.85. The molecule has 0 atom stereocenters. The lowest BCUT2D eigenvalue weighted by atomic mass is 10.1. The molecule has 0 bridgehead atoms. The summed E-state index contributed by atoms with van der Waals surface area (Å²) in [7, 11) is 0. The highest BCUT2D eigenvalue weighted by Crippen LogP contribution is 2.27. The molecule has 4 nitrogen and oxygen atoms in total. The summed E-state index contributed by atoms with van der Waals surface area (Å²) in [6.45, 7) is 8.99. The standard InChI is InChI=1S/C16H24N4/c1-4-19(5-2)16-15(11-12-17)13(3)18-20(16)14-9-7-6-8-10-14/h6-10H,4-5,11-12,17H2,1-3H3. The quantitative estimate of drug-likeness (QED) is 0.879. The first-order valence-corrected chi connectivity index (χ1v) is 7.31. The summed E-state index contributed by atoms with van der Waals surface area (Å²) in [5.74, 6) is 1.18. The van der Waals surface area contributed by atoms with Crippen molar-refractivity contribution < 1.29 is 0 Å². The molecule has 0 fully saturated rings. The number of nitrogens with two attached hydrogens (primary N) is 1. The molecule has 2 aromatic rings. The van der Waals surface area contributed by atoms with Crippen LogP contribution in [0.5, 0.6) is 0 Å². The first-order valence-electron chi connectivity index (χ1n) is 7.31. The molecular weight excluding hydrogens is 248 g/mol. The number of aromatic nitrogens is 2. The van der Waals surface area contributed by atoms with Gasteiger partial charge in [0.1, 0.15) is 5.82 Å². The third-order valence-corrected chi connectivity index (χ3v) is 3.62. The Kier molecular flexibility index (Phi) is 4.79. The number of rotatable bonds is 6. The Hall–Kier alpha value is -1.81. The molecule has 0 saturated heterocycles. The van der Waals surface area contributed by atoms with E-state index in [1.54, 1.807) is 0 Å². The molecule has 20 heavy (non-hydrogen) atoms. The number of nitrogens with zero attached hydrogens (tertiary/aromatic N) is 3. The predicted octanol–water partition coefficient (Wildman–Crippen LogP) is 2.53. The molecule has 1 aromatic heterocycles. The minimum atomic E-state index is 0.648. The SMILES string of the molecule is CCN(CC)c1c(CCN)c(C)nn1-c1ccccc1. The molecule has 1 aromatic carbocycles. The molecule has 0 aliphatic heterocycles. The third kappa shape index (κ3) is 2.70. The first kappa shape index (κ1) is 14.6. The zero-order chi connectivity index (χ0) is 14.5. The van der Waals surface area contributed by atoms with E-state index < -0.39 is 0 Å². The maximum absolute atomic E-state index is 5.77. The third-order valence-electron chi connectivity index (χ3n) is 3.62. The molecule has 1 heterocycles. The molecule has 0 aliphatic rings. The molecule has 0 saturated carbocycles. The second-order valence-corrected chi connectivity index (χ2v) is 4.85. The van der Waals surface area contributed by atoms with Crippen LogP contribution in [-0.4, -0.2) is 29.4 Å². The molecule has 0 aliphatic carbocycles. The number of anilines is 1. The number of hydrogen-bond acceptors (Lipinski definition) is 3. The van der Waals surface area contributed by atoms with Gasteiger partial charge < -0.3 is 10.6 Å². The maximum Gasteiger partial charge on any atom is 0.135 e. The van der Waals surface area contributed by atoms with Crippen molar-refractivity contribution in [3.05, 3.63) is 41.6 Å². The van der Waals surface area contributed by atoms with E-state index in [1.807, 2.05) is 22.9 Å². The van der Waals surface area contributed by atoms with Crippen LogP contribution in [-0.2, 0) is 6.42 Å². The highest BCUT2D eigenvalue weighted by molar-refractivity contribution is 5.55. The molecule has 0 radical (unpaired) electrons.